The average molecular weight is 382 g/mol. The highest BCUT2D eigenvalue weighted by Crippen LogP contribution is 2.44. The summed E-state index contributed by atoms with van der Waals surface area (Å²) in [6.07, 6.45) is 9.81. The number of fused-ring (bicyclic) bond motifs is 1. The van der Waals surface area contributed by atoms with Crippen LogP contribution in [0.25, 0.3) is 0 Å². The molecule has 2 unspecified atom stereocenters. The van der Waals surface area contributed by atoms with E-state index in [9.17, 15) is 5.26 Å². The molecule has 2 aromatic heterocycles. The van der Waals surface area contributed by atoms with Gasteiger partial charge in [-0.2, -0.15) is 10.2 Å². The van der Waals surface area contributed by atoms with Crippen molar-refractivity contribution < 1.29 is 4.74 Å². The van der Waals surface area contributed by atoms with Crippen LogP contribution in [-0.2, 0) is 0 Å². The van der Waals surface area contributed by atoms with Crippen molar-refractivity contribution in [2.45, 2.75) is 55.2 Å². The van der Waals surface area contributed by atoms with Crippen LogP contribution in [0.15, 0.2) is 29.4 Å². The smallest absolute Gasteiger partial charge is 0.316 e. The van der Waals surface area contributed by atoms with Crippen LogP contribution in [0.5, 0.6) is 6.01 Å². The lowest BCUT2D eigenvalue weighted by atomic mass is 9.90. The minimum atomic E-state index is -0.401. The van der Waals surface area contributed by atoms with Crippen molar-refractivity contribution in [1.29, 1.82) is 5.26 Å². The Hall–Kier alpha value is -2.33. The van der Waals surface area contributed by atoms with Crippen LogP contribution >= 0.6 is 11.8 Å². The summed E-state index contributed by atoms with van der Waals surface area (Å²) in [7, 11) is 0. The molecule has 1 saturated carbocycles. The fraction of sp³-hybridized carbons (Fsp3) is 0.500. The standard InChI is InChI=1S/C20H23N5OS/c1-13-18-17(8-10-22-13)27-19(25-18)15(11-21)16-7-9-23-20(24-16)26-12-14-5-3-2-4-6-14/h7-10,14-15,19,25H,2-6,12H2,1H3. The van der Waals surface area contributed by atoms with Gasteiger partial charge in [0.15, 0.2) is 0 Å². The van der Waals surface area contributed by atoms with Crippen LogP contribution in [0.1, 0.15) is 49.4 Å². The lowest BCUT2D eigenvalue weighted by Gasteiger charge is -2.21. The molecule has 0 aromatic carbocycles. The molecule has 0 spiro atoms. The van der Waals surface area contributed by atoms with E-state index >= 15 is 0 Å². The SMILES string of the molecule is Cc1nccc2c1NC(C(C#N)c1ccnc(OCC3CCCCC3)n1)S2. The maximum absolute atomic E-state index is 9.79. The molecule has 2 aromatic rings. The van der Waals surface area contributed by atoms with Crippen molar-refractivity contribution >= 4 is 17.4 Å². The normalized spacial score (nSPS) is 20.4. The lowest BCUT2D eigenvalue weighted by molar-refractivity contribution is 0.196. The summed E-state index contributed by atoms with van der Waals surface area (Å²) in [4.78, 5) is 14.2. The van der Waals surface area contributed by atoms with E-state index in [2.05, 4.69) is 26.3 Å². The van der Waals surface area contributed by atoms with Crippen molar-refractivity contribution in [3.05, 3.63) is 35.9 Å². The molecule has 1 N–H and O–H groups in total. The molecule has 4 rings (SSSR count). The molecule has 27 heavy (non-hydrogen) atoms. The summed E-state index contributed by atoms with van der Waals surface area (Å²) >= 11 is 1.64. The highest BCUT2D eigenvalue weighted by Gasteiger charge is 2.32. The second-order valence-electron chi connectivity index (χ2n) is 7.14. The lowest BCUT2D eigenvalue weighted by Crippen LogP contribution is -2.21. The Morgan fingerprint density at radius 2 is 2.07 bits per heavy atom. The number of nitriles is 1. The number of ether oxygens (including phenoxy) is 1. The molecule has 2 aliphatic rings. The van der Waals surface area contributed by atoms with Gasteiger partial charge in [0.2, 0.25) is 0 Å². The minimum Gasteiger partial charge on any atom is -0.463 e. The third kappa shape index (κ3) is 4.01. The quantitative estimate of drug-likeness (QED) is 0.827. The topological polar surface area (TPSA) is 83.7 Å². The van der Waals surface area contributed by atoms with Gasteiger partial charge in [-0.05, 0) is 37.8 Å². The summed E-state index contributed by atoms with van der Waals surface area (Å²) < 4.78 is 5.86. The number of thioether (sulfide) groups is 1. The number of aryl methyl sites for hydroxylation is 1. The van der Waals surface area contributed by atoms with Gasteiger partial charge in [0.25, 0.3) is 0 Å². The summed E-state index contributed by atoms with van der Waals surface area (Å²) in [5, 5.41) is 13.1. The van der Waals surface area contributed by atoms with Gasteiger partial charge in [0.1, 0.15) is 5.92 Å². The maximum Gasteiger partial charge on any atom is 0.316 e. The first-order valence-corrected chi connectivity index (χ1v) is 10.4. The Labute approximate surface area is 163 Å². The van der Waals surface area contributed by atoms with Crippen molar-refractivity contribution in [2.24, 2.45) is 5.92 Å². The first-order valence-electron chi connectivity index (χ1n) is 9.49. The molecule has 6 nitrogen and oxygen atoms in total. The molecule has 1 fully saturated rings. The number of hydrogen-bond donors (Lipinski definition) is 1. The predicted octanol–water partition coefficient (Wildman–Crippen LogP) is 4.29. The van der Waals surface area contributed by atoms with E-state index in [-0.39, 0.29) is 5.37 Å². The zero-order valence-corrected chi connectivity index (χ0v) is 16.2. The number of pyridine rings is 1. The predicted molar refractivity (Wildman–Crippen MR) is 105 cm³/mol. The van der Waals surface area contributed by atoms with Gasteiger partial charge < -0.3 is 10.1 Å². The number of hydrogen-bond acceptors (Lipinski definition) is 7. The van der Waals surface area contributed by atoms with E-state index in [4.69, 9.17) is 4.74 Å². The van der Waals surface area contributed by atoms with E-state index < -0.39 is 5.92 Å². The molecule has 1 aliphatic heterocycles. The monoisotopic (exact) mass is 381 g/mol. The van der Waals surface area contributed by atoms with Crippen LogP contribution < -0.4 is 10.1 Å². The van der Waals surface area contributed by atoms with Crippen molar-refractivity contribution in [3.63, 3.8) is 0 Å². The fourth-order valence-electron chi connectivity index (χ4n) is 3.71. The zero-order valence-electron chi connectivity index (χ0n) is 15.4. The van der Waals surface area contributed by atoms with Gasteiger partial charge in [-0.3, -0.25) is 4.98 Å². The number of nitrogens with zero attached hydrogens (tertiary/aromatic N) is 4. The summed E-state index contributed by atoms with van der Waals surface area (Å²) in [5.74, 6) is 0.191. The summed E-state index contributed by atoms with van der Waals surface area (Å²) in [5.41, 5.74) is 2.64. The Kier molecular flexibility index (Phi) is 5.44. The Morgan fingerprint density at radius 1 is 1.26 bits per heavy atom. The van der Waals surface area contributed by atoms with Gasteiger partial charge >= 0.3 is 6.01 Å². The Bertz CT molecular complexity index is 847. The summed E-state index contributed by atoms with van der Waals surface area (Å²) in [6, 6.07) is 6.55. The molecule has 0 radical (unpaired) electrons. The number of nitrogens with one attached hydrogen (secondary N) is 1. The van der Waals surface area contributed by atoms with Crippen LogP contribution in [0.4, 0.5) is 5.69 Å². The van der Waals surface area contributed by atoms with Crippen molar-refractivity contribution in [1.82, 2.24) is 15.0 Å². The van der Waals surface area contributed by atoms with Gasteiger partial charge in [0.05, 0.1) is 35.1 Å². The van der Waals surface area contributed by atoms with Gasteiger partial charge in [0, 0.05) is 17.3 Å². The molecular formula is C20H23N5OS. The molecule has 1 aliphatic carbocycles. The molecule has 2 atom stereocenters. The third-order valence-electron chi connectivity index (χ3n) is 5.23. The Morgan fingerprint density at radius 3 is 2.85 bits per heavy atom. The number of rotatable bonds is 5. The van der Waals surface area contributed by atoms with Crippen LogP contribution in [0.2, 0.25) is 0 Å². The average Bonchev–Trinajstić information content (AvgIpc) is 3.13. The fourth-order valence-corrected chi connectivity index (χ4v) is 4.96. The second kappa shape index (κ2) is 8.13. The van der Waals surface area contributed by atoms with E-state index in [0.717, 1.165) is 16.3 Å². The number of aromatic nitrogens is 3. The molecule has 0 saturated heterocycles. The molecule has 3 heterocycles. The third-order valence-corrected chi connectivity index (χ3v) is 6.47. The zero-order chi connectivity index (χ0) is 18.6. The van der Waals surface area contributed by atoms with Crippen LogP contribution in [-0.4, -0.2) is 26.9 Å². The first kappa shape index (κ1) is 18.1. The van der Waals surface area contributed by atoms with Crippen molar-refractivity contribution in [3.8, 4) is 12.1 Å². The van der Waals surface area contributed by atoms with Crippen molar-refractivity contribution in [2.75, 3.05) is 11.9 Å². The molecule has 7 heteroatoms. The van der Waals surface area contributed by atoms with E-state index in [0.29, 0.717) is 24.2 Å². The second-order valence-corrected chi connectivity index (χ2v) is 8.32. The van der Waals surface area contributed by atoms with E-state index in [1.807, 2.05) is 13.0 Å². The molecular weight excluding hydrogens is 358 g/mol. The summed E-state index contributed by atoms with van der Waals surface area (Å²) in [6.45, 7) is 2.63. The minimum absolute atomic E-state index is 0.103. The van der Waals surface area contributed by atoms with E-state index in [1.165, 1.54) is 32.1 Å². The molecule has 0 amide bonds. The van der Waals surface area contributed by atoms with Crippen LogP contribution in [0, 0.1) is 24.2 Å². The van der Waals surface area contributed by atoms with Gasteiger partial charge in [-0.25, -0.2) is 4.98 Å². The van der Waals surface area contributed by atoms with Gasteiger partial charge in [-0.1, -0.05) is 31.0 Å². The van der Waals surface area contributed by atoms with Crippen LogP contribution in [0.3, 0.4) is 0 Å². The first-order chi connectivity index (χ1) is 13.2. The van der Waals surface area contributed by atoms with Gasteiger partial charge in [-0.15, -0.1) is 0 Å². The molecule has 140 valence electrons. The largest absolute Gasteiger partial charge is 0.463 e. The number of anilines is 1. The Balaban J connectivity index is 1.45. The highest BCUT2D eigenvalue weighted by molar-refractivity contribution is 8.00. The molecule has 0 bridgehead atoms. The highest BCUT2D eigenvalue weighted by atomic mass is 32.2. The maximum atomic E-state index is 9.79. The van der Waals surface area contributed by atoms with E-state index in [1.54, 1.807) is 30.2 Å².